The maximum atomic E-state index is 12.9. The predicted molar refractivity (Wildman–Crippen MR) is 93.4 cm³/mol. The van der Waals surface area contributed by atoms with E-state index in [9.17, 15) is 4.79 Å². The highest BCUT2D eigenvalue weighted by Gasteiger charge is 2.23. The monoisotopic (exact) mass is 344 g/mol. The topological polar surface area (TPSA) is 87.4 Å². The third-order valence-corrected chi connectivity index (χ3v) is 4.31. The van der Waals surface area contributed by atoms with Crippen molar-refractivity contribution in [1.82, 2.24) is 24.9 Å². The first-order valence-electron chi connectivity index (χ1n) is 8.53. The highest BCUT2D eigenvalue weighted by atomic mass is 16.5. The van der Waals surface area contributed by atoms with Crippen LogP contribution in [0.3, 0.4) is 0 Å². The number of rotatable bonds is 4. The molecule has 134 valence electrons. The maximum absolute atomic E-state index is 12.9. The van der Waals surface area contributed by atoms with Crippen LogP contribution in [0, 0.1) is 13.8 Å². The van der Waals surface area contributed by atoms with Gasteiger partial charge in [0.05, 0.1) is 12.1 Å². The quantitative estimate of drug-likeness (QED) is 0.898. The fourth-order valence-electron chi connectivity index (χ4n) is 3.03. The van der Waals surface area contributed by atoms with Gasteiger partial charge in [0.25, 0.3) is 5.91 Å². The van der Waals surface area contributed by atoms with Crippen LogP contribution in [0.25, 0.3) is 0 Å². The minimum absolute atomic E-state index is 0.0223. The number of aromatic nitrogens is 3. The second kappa shape index (κ2) is 7.60. The zero-order valence-corrected chi connectivity index (χ0v) is 14.9. The first-order valence-corrected chi connectivity index (χ1v) is 8.53. The molecule has 25 heavy (non-hydrogen) atoms. The molecule has 1 saturated heterocycles. The minimum atomic E-state index is 0.0223. The van der Waals surface area contributed by atoms with Gasteiger partial charge in [-0.05, 0) is 25.5 Å². The van der Waals surface area contributed by atoms with Crippen LogP contribution in [0.15, 0.2) is 16.7 Å². The summed E-state index contributed by atoms with van der Waals surface area (Å²) in [5, 5.41) is 6.97. The molecule has 0 unspecified atom stereocenters. The second-order valence-corrected chi connectivity index (χ2v) is 6.25. The number of pyridine rings is 1. The van der Waals surface area contributed by atoms with E-state index < -0.39 is 0 Å². The molecule has 0 aromatic carbocycles. The Balaban J connectivity index is 1.65. The van der Waals surface area contributed by atoms with E-state index in [0.717, 1.165) is 31.7 Å². The summed E-state index contributed by atoms with van der Waals surface area (Å²) in [5.74, 6) is 1.92. The van der Waals surface area contributed by atoms with E-state index >= 15 is 0 Å². The van der Waals surface area contributed by atoms with E-state index in [1.807, 2.05) is 24.0 Å². The molecular weight excluding hydrogens is 320 g/mol. The van der Waals surface area contributed by atoms with E-state index in [1.165, 1.54) is 0 Å². The van der Waals surface area contributed by atoms with Crippen molar-refractivity contribution in [3.63, 3.8) is 0 Å². The van der Waals surface area contributed by atoms with Crippen molar-refractivity contribution < 1.29 is 9.32 Å². The SMILES string of the molecule is CNc1nc(C)ccc1C(=O)N1CCCN(Cc2noc(C)n2)CC1. The number of aryl methyl sites for hydroxylation is 2. The first kappa shape index (κ1) is 17.3. The molecule has 0 bridgehead atoms. The summed E-state index contributed by atoms with van der Waals surface area (Å²) < 4.78 is 5.02. The van der Waals surface area contributed by atoms with Gasteiger partial charge in [-0.2, -0.15) is 4.98 Å². The van der Waals surface area contributed by atoms with Crippen LogP contribution < -0.4 is 5.32 Å². The van der Waals surface area contributed by atoms with E-state index in [4.69, 9.17) is 4.52 Å². The van der Waals surface area contributed by atoms with Crippen molar-refractivity contribution in [2.75, 3.05) is 38.5 Å². The van der Waals surface area contributed by atoms with Crippen molar-refractivity contribution >= 4 is 11.7 Å². The number of anilines is 1. The van der Waals surface area contributed by atoms with E-state index in [0.29, 0.717) is 36.2 Å². The molecular formula is C17H24N6O2. The van der Waals surface area contributed by atoms with Gasteiger partial charge >= 0.3 is 0 Å². The van der Waals surface area contributed by atoms with Crippen LogP contribution >= 0.6 is 0 Å². The molecule has 1 fully saturated rings. The lowest BCUT2D eigenvalue weighted by Crippen LogP contribution is -2.35. The maximum Gasteiger partial charge on any atom is 0.257 e. The molecule has 3 heterocycles. The van der Waals surface area contributed by atoms with E-state index in [2.05, 4.69) is 25.3 Å². The normalized spacial score (nSPS) is 15.9. The summed E-state index contributed by atoms with van der Waals surface area (Å²) in [7, 11) is 1.79. The molecule has 1 amide bonds. The third-order valence-electron chi connectivity index (χ3n) is 4.31. The molecule has 1 aliphatic rings. The number of nitrogens with zero attached hydrogens (tertiary/aromatic N) is 5. The summed E-state index contributed by atoms with van der Waals surface area (Å²) >= 11 is 0. The molecule has 0 atom stereocenters. The molecule has 0 aliphatic carbocycles. The number of amides is 1. The lowest BCUT2D eigenvalue weighted by atomic mass is 10.2. The standard InChI is InChI=1S/C17H24N6O2/c1-12-5-6-14(16(18-3)19-12)17(24)23-8-4-7-22(9-10-23)11-15-20-13(2)25-21-15/h5-6H,4,7-11H2,1-3H3,(H,18,19). The molecule has 8 heteroatoms. The number of carbonyl (C=O) groups is 1. The van der Waals surface area contributed by atoms with Gasteiger partial charge in [-0.15, -0.1) is 0 Å². The van der Waals surface area contributed by atoms with Crippen molar-refractivity contribution in [2.45, 2.75) is 26.8 Å². The van der Waals surface area contributed by atoms with Crippen LogP contribution in [0.1, 0.15) is 34.2 Å². The average molecular weight is 344 g/mol. The lowest BCUT2D eigenvalue weighted by molar-refractivity contribution is 0.0761. The summed E-state index contributed by atoms with van der Waals surface area (Å²) in [6.07, 6.45) is 0.913. The zero-order chi connectivity index (χ0) is 17.8. The molecule has 0 spiro atoms. The second-order valence-electron chi connectivity index (χ2n) is 6.25. The Morgan fingerprint density at radius 1 is 1.20 bits per heavy atom. The van der Waals surface area contributed by atoms with Crippen molar-refractivity contribution in [2.24, 2.45) is 0 Å². The summed E-state index contributed by atoms with van der Waals surface area (Å²) in [5.41, 5.74) is 1.51. The van der Waals surface area contributed by atoms with Crippen molar-refractivity contribution in [3.05, 3.63) is 35.1 Å². The van der Waals surface area contributed by atoms with Gasteiger partial charge in [-0.3, -0.25) is 9.69 Å². The van der Waals surface area contributed by atoms with Gasteiger partial charge in [-0.1, -0.05) is 5.16 Å². The van der Waals surface area contributed by atoms with Crippen LogP contribution in [0.5, 0.6) is 0 Å². The zero-order valence-electron chi connectivity index (χ0n) is 14.9. The Labute approximate surface area is 147 Å². The van der Waals surface area contributed by atoms with Crippen LogP contribution in [-0.2, 0) is 6.54 Å². The van der Waals surface area contributed by atoms with Crippen molar-refractivity contribution in [3.8, 4) is 0 Å². The summed E-state index contributed by atoms with van der Waals surface area (Å²) in [6, 6.07) is 3.72. The summed E-state index contributed by atoms with van der Waals surface area (Å²) in [6.45, 7) is 7.44. The minimum Gasteiger partial charge on any atom is -0.372 e. The molecule has 1 N–H and O–H groups in total. The molecule has 2 aromatic heterocycles. The average Bonchev–Trinajstić information content (AvgIpc) is 2.87. The van der Waals surface area contributed by atoms with E-state index in [-0.39, 0.29) is 5.91 Å². The van der Waals surface area contributed by atoms with Gasteiger partial charge < -0.3 is 14.7 Å². The number of hydrogen-bond acceptors (Lipinski definition) is 7. The number of hydrogen-bond donors (Lipinski definition) is 1. The molecule has 2 aromatic rings. The van der Waals surface area contributed by atoms with Crippen molar-refractivity contribution in [1.29, 1.82) is 0 Å². The van der Waals surface area contributed by atoms with Gasteiger partial charge in [-0.25, -0.2) is 4.98 Å². The van der Waals surface area contributed by atoms with Crippen LogP contribution in [0.4, 0.5) is 5.82 Å². The van der Waals surface area contributed by atoms with Gasteiger partial charge in [0.15, 0.2) is 5.82 Å². The van der Waals surface area contributed by atoms with Crippen LogP contribution in [0.2, 0.25) is 0 Å². The fraction of sp³-hybridized carbons (Fsp3) is 0.529. The predicted octanol–water partition coefficient (Wildman–Crippen LogP) is 1.47. The molecule has 0 radical (unpaired) electrons. The summed E-state index contributed by atoms with van der Waals surface area (Å²) in [4.78, 5) is 25.7. The smallest absolute Gasteiger partial charge is 0.257 e. The third kappa shape index (κ3) is 4.14. The Kier molecular flexibility index (Phi) is 5.28. The Hall–Kier alpha value is -2.48. The molecule has 0 saturated carbocycles. The largest absolute Gasteiger partial charge is 0.372 e. The number of nitrogens with one attached hydrogen (secondary N) is 1. The fourth-order valence-corrected chi connectivity index (χ4v) is 3.03. The van der Waals surface area contributed by atoms with Gasteiger partial charge in [0, 0.05) is 45.8 Å². The van der Waals surface area contributed by atoms with Crippen LogP contribution in [-0.4, -0.2) is 64.1 Å². The highest BCUT2D eigenvalue weighted by molar-refractivity contribution is 5.98. The number of carbonyl (C=O) groups excluding carboxylic acids is 1. The van der Waals surface area contributed by atoms with Gasteiger partial charge in [0.1, 0.15) is 5.82 Å². The molecule has 3 rings (SSSR count). The molecule has 8 nitrogen and oxygen atoms in total. The Morgan fingerprint density at radius 2 is 2.04 bits per heavy atom. The first-order chi connectivity index (χ1) is 12.1. The lowest BCUT2D eigenvalue weighted by Gasteiger charge is -2.22. The van der Waals surface area contributed by atoms with E-state index in [1.54, 1.807) is 14.0 Å². The Morgan fingerprint density at radius 3 is 2.76 bits per heavy atom. The molecule has 1 aliphatic heterocycles. The highest BCUT2D eigenvalue weighted by Crippen LogP contribution is 2.17. The van der Waals surface area contributed by atoms with Gasteiger partial charge in [0.2, 0.25) is 5.89 Å². The Bertz CT molecular complexity index is 744.